The normalized spacial score (nSPS) is 11.3. The lowest BCUT2D eigenvalue weighted by Crippen LogP contribution is -2.35. The van der Waals surface area contributed by atoms with E-state index in [1.54, 1.807) is 24.3 Å². The number of hydrogen-bond acceptors (Lipinski definition) is 3. The fourth-order valence-corrected chi connectivity index (χ4v) is 3.28. The highest BCUT2D eigenvalue weighted by Crippen LogP contribution is 2.13. The molecule has 0 fully saturated rings. The Labute approximate surface area is 155 Å². The van der Waals surface area contributed by atoms with Gasteiger partial charge in [0, 0.05) is 27.2 Å². The Bertz CT molecular complexity index is 804. The fourth-order valence-electron chi connectivity index (χ4n) is 2.37. The summed E-state index contributed by atoms with van der Waals surface area (Å²) in [5, 5.41) is 5.59. The van der Waals surface area contributed by atoms with Gasteiger partial charge in [0.05, 0.1) is 4.90 Å². The van der Waals surface area contributed by atoms with Gasteiger partial charge in [-0.1, -0.05) is 42.5 Å². The molecule has 7 heteroatoms. The van der Waals surface area contributed by atoms with E-state index in [-0.39, 0.29) is 10.9 Å². The third kappa shape index (κ3) is 5.86. The molecule has 0 aromatic heterocycles. The third-order valence-electron chi connectivity index (χ3n) is 3.93. The smallest absolute Gasteiger partial charge is 0.315 e. The SMILES string of the molecule is CN(C)S(=O)(=O)c1ccc(CNC(=O)NCCCc2ccccc2)cc1. The molecule has 0 aliphatic rings. The highest BCUT2D eigenvalue weighted by atomic mass is 32.2. The van der Waals surface area contributed by atoms with E-state index in [0.717, 1.165) is 18.4 Å². The number of nitrogens with one attached hydrogen (secondary N) is 2. The minimum Gasteiger partial charge on any atom is -0.338 e. The molecular formula is C19H25N3O3S. The summed E-state index contributed by atoms with van der Waals surface area (Å²) in [5.41, 5.74) is 2.09. The number of rotatable bonds is 8. The van der Waals surface area contributed by atoms with Crippen LogP contribution in [0.3, 0.4) is 0 Å². The number of nitrogens with zero attached hydrogens (tertiary/aromatic N) is 1. The van der Waals surface area contributed by atoms with Crippen molar-refractivity contribution in [2.24, 2.45) is 0 Å². The largest absolute Gasteiger partial charge is 0.338 e. The fraction of sp³-hybridized carbons (Fsp3) is 0.316. The number of urea groups is 1. The molecule has 26 heavy (non-hydrogen) atoms. The third-order valence-corrected chi connectivity index (χ3v) is 5.75. The van der Waals surface area contributed by atoms with Crippen LogP contribution in [0, 0.1) is 0 Å². The molecule has 2 rings (SSSR count). The van der Waals surface area contributed by atoms with Crippen LogP contribution in [-0.4, -0.2) is 39.4 Å². The second-order valence-electron chi connectivity index (χ2n) is 6.13. The van der Waals surface area contributed by atoms with E-state index in [1.807, 2.05) is 18.2 Å². The molecule has 6 nitrogen and oxygen atoms in total. The Kier molecular flexibility index (Phi) is 7.17. The van der Waals surface area contributed by atoms with Gasteiger partial charge in [0.15, 0.2) is 0 Å². The zero-order valence-corrected chi connectivity index (χ0v) is 15.9. The molecule has 0 radical (unpaired) electrons. The lowest BCUT2D eigenvalue weighted by atomic mass is 10.1. The van der Waals surface area contributed by atoms with Gasteiger partial charge in [-0.25, -0.2) is 17.5 Å². The predicted octanol–water partition coefficient (Wildman–Crippen LogP) is 2.37. The van der Waals surface area contributed by atoms with E-state index in [2.05, 4.69) is 22.8 Å². The zero-order chi connectivity index (χ0) is 19.0. The second-order valence-corrected chi connectivity index (χ2v) is 8.28. The molecule has 0 heterocycles. The van der Waals surface area contributed by atoms with Gasteiger partial charge in [0.1, 0.15) is 0 Å². The minimum atomic E-state index is -3.43. The summed E-state index contributed by atoms with van der Waals surface area (Å²) < 4.78 is 25.2. The van der Waals surface area contributed by atoms with Gasteiger partial charge in [-0.05, 0) is 36.1 Å². The number of aryl methyl sites for hydroxylation is 1. The highest BCUT2D eigenvalue weighted by Gasteiger charge is 2.16. The van der Waals surface area contributed by atoms with Gasteiger partial charge in [-0.3, -0.25) is 0 Å². The van der Waals surface area contributed by atoms with Crippen molar-refractivity contribution >= 4 is 16.1 Å². The monoisotopic (exact) mass is 375 g/mol. The van der Waals surface area contributed by atoms with E-state index < -0.39 is 10.0 Å². The quantitative estimate of drug-likeness (QED) is 0.695. The lowest BCUT2D eigenvalue weighted by molar-refractivity contribution is 0.240. The molecule has 0 saturated heterocycles. The van der Waals surface area contributed by atoms with E-state index in [4.69, 9.17) is 0 Å². The van der Waals surface area contributed by atoms with Crippen molar-refractivity contribution in [3.8, 4) is 0 Å². The average Bonchev–Trinajstić information content (AvgIpc) is 2.64. The van der Waals surface area contributed by atoms with Crippen LogP contribution in [0.4, 0.5) is 4.79 Å². The average molecular weight is 375 g/mol. The molecule has 2 aromatic rings. The Hall–Kier alpha value is -2.38. The molecule has 0 aliphatic heterocycles. The molecule has 2 aromatic carbocycles. The summed E-state index contributed by atoms with van der Waals surface area (Å²) in [5.74, 6) is 0. The molecule has 0 spiro atoms. The molecule has 0 saturated carbocycles. The Morgan fingerprint density at radius 3 is 2.19 bits per heavy atom. The van der Waals surface area contributed by atoms with E-state index >= 15 is 0 Å². The standard InChI is InChI=1S/C19H25N3O3S/c1-22(2)26(24,25)18-12-10-17(11-13-18)15-21-19(23)20-14-6-9-16-7-4-3-5-8-16/h3-5,7-8,10-13H,6,9,14-15H2,1-2H3,(H2,20,21,23). The molecular weight excluding hydrogens is 350 g/mol. The minimum absolute atomic E-state index is 0.233. The second kappa shape index (κ2) is 9.35. The molecule has 0 atom stereocenters. The van der Waals surface area contributed by atoms with E-state index in [9.17, 15) is 13.2 Å². The number of carbonyl (C=O) groups excluding carboxylic acids is 1. The Balaban J connectivity index is 1.72. The maximum atomic E-state index is 12.0. The van der Waals surface area contributed by atoms with Crippen molar-refractivity contribution in [3.63, 3.8) is 0 Å². The summed E-state index contributed by atoms with van der Waals surface area (Å²) in [6, 6.07) is 16.4. The first-order valence-corrected chi connectivity index (χ1v) is 9.90. The topological polar surface area (TPSA) is 78.5 Å². The summed E-state index contributed by atoms with van der Waals surface area (Å²) in [4.78, 5) is 12.1. The molecule has 0 aliphatic carbocycles. The van der Waals surface area contributed by atoms with Gasteiger partial charge >= 0.3 is 6.03 Å². The van der Waals surface area contributed by atoms with Gasteiger partial charge < -0.3 is 10.6 Å². The van der Waals surface area contributed by atoms with Crippen molar-refractivity contribution in [3.05, 3.63) is 65.7 Å². The van der Waals surface area contributed by atoms with Crippen LogP contribution in [0.1, 0.15) is 17.5 Å². The lowest BCUT2D eigenvalue weighted by Gasteiger charge is -2.12. The molecule has 2 N–H and O–H groups in total. The maximum Gasteiger partial charge on any atom is 0.315 e. The molecule has 0 unspecified atom stereocenters. The van der Waals surface area contributed by atoms with Crippen LogP contribution >= 0.6 is 0 Å². The summed E-state index contributed by atoms with van der Waals surface area (Å²) in [7, 11) is -0.443. The van der Waals surface area contributed by atoms with Crippen molar-refractivity contribution in [1.82, 2.24) is 14.9 Å². The molecule has 2 amide bonds. The van der Waals surface area contributed by atoms with Crippen molar-refractivity contribution in [2.45, 2.75) is 24.3 Å². The highest BCUT2D eigenvalue weighted by molar-refractivity contribution is 7.89. The van der Waals surface area contributed by atoms with Gasteiger partial charge in [-0.2, -0.15) is 0 Å². The predicted molar refractivity (Wildman–Crippen MR) is 102 cm³/mol. The van der Waals surface area contributed by atoms with Crippen LogP contribution < -0.4 is 10.6 Å². The van der Waals surface area contributed by atoms with Gasteiger partial charge in [0.25, 0.3) is 0 Å². The molecule has 140 valence electrons. The number of hydrogen-bond donors (Lipinski definition) is 2. The van der Waals surface area contributed by atoms with Crippen molar-refractivity contribution in [2.75, 3.05) is 20.6 Å². The van der Waals surface area contributed by atoms with Gasteiger partial charge in [-0.15, -0.1) is 0 Å². The maximum absolute atomic E-state index is 12.0. The van der Waals surface area contributed by atoms with Crippen LogP contribution in [-0.2, 0) is 23.0 Å². The first-order valence-electron chi connectivity index (χ1n) is 8.46. The van der Waals surface area contributed by atoms with E-state index in [1.165, 1.54) is 24.0 Å². The summed E-state index contributed by atoms with van der Waals surface area (Å²) >= 11 is 0. The summed E-state index contributed by atoms with van der Waals surface area (Å²) in [6.07, 6.45) is 1.79. The van der Waals surface area contributed by atoms with Crippen LogP contribution in [0.25, 0.3) is 0 Å². The van der Waals surface area contributed by atoms with E-state index in [0.29, 0.717) is 13.1 Å². The van der Waals surface area contributed by atoms with Crippen molar-refractivity contribution in [1.29, 1.82) is 0 Å². The summed E-state index contributed by atoms with van der Waals surface area (Å²) in [6.45, 7) is 0.938. The number of amides is 2. The van der Waals surface area contributed by atoms with Crippen LogP contribution in [0.2, 0.25) is 0 Å². The number of sulfonamides is 1. The Morgan fingerprint density at radius 1 is 0.923 bits per heavy atom. The first-order chi connectivity index (χ1) is 12.4. The Morgan fingerprint density at radius 2 is 1.58 bits per heavy atom. The number of carbonyl (C=O) groups is 1. The molecule has 0 bridgehead atoms. The van der Waals surface area contributed by atoms with Gasteiger partial charge in [0.2, 0.25) is 10.0 Å². The van der Waals surface area contributed by atoms with Crippen LogP contribution in [0.15, 0.2) is 59.5 Å². The zero-order valence-electron chi connectivity index (χ0n) is 15.1. The first kappa shape index (κ1) is 19.9. The van der Waals surface area contributed by atoms with Crippen molar-refractivity contribution < 1.29 is 13.2 Å². The van der Waals surface area contributed by atoms with Crippen LogP contribution in [0.5, 0.6) is 0 Å². The number of benzene rings is 2.